The highest BCUT2D eigenvalue weighted by Crippen LogP contribution is 2.28. The van der Waals surface area contributed by atoms with Crippen molar-refractivity contribution in [2.24, 2.45) is 0 Å². The molecule has 0 heterocycles. The number of carboxylic acid groups (broad SMARTS) is 2. The lowest BCUT2D eigenvalue weighted by atomic mass is 9.93. The van der Waals surface area contributed by atoms with Crippen molar-refractivity contribution in [2.75, 3.05) is 0 Å². The van der Waals surface area contributed by atoms with Gasteiger partial charge in [-0.1, -0.05) is 30.3 Å². The molecular formula is C20H22O6. The summed E-state index contributed by atoms with van der Waals surface area (Å²) >= 11 is 0. The van der Waals surface area contributed by atoms with Crippen molar-refractivity contribution in [3.63, 3.8) is 0 Å². The van der Waals surface area contributed by atoms with Crippen molar-refractivity contribution in [1.29, 1.82) is 0 Å². The van der Waals surface area contributed by atoms with Gasteiger partial charge in [-0.25, -0.2) is 9.59 Å². The van der Waals surface area contributed by atoms with Crippen LogP contribution in [0.25, 0.3) is 0 Å². The zero-order chi connectivity index (χ0) is 19.4. The van der Waals surface area contributed by atoms with Gasteiger partial charge in [0, 0.05) is 6.42 Å². The molecule has 0 aliphatic heterocycles. The van der Waals surface area contributed by atoms with Crippen LogP contribution in [0.1, 0.15) is 26.3 Å². The fraction of sp³-hybridized carbons (Fsp3) is 0.300. The summed E-state index contributed by atoms with van der Waals surface area (Å²) in [5.74, 6) is -1.99. The van der Waals surface area contributed by atoms with Crippen molar-refractivity contribution in [3.8, 4) is 11.5 Å². The zero-order valence-electron chi connectivity index (χ0n) is 14.9. The van der Waals surface area contributed by atoms with Gasteiger partial charge in [-0.15, -0.1) is 0 Å². The Morgan fingerprint density at radius 1 is 0.885 bits per heavy atom. The van der Waals surface area contributed by atoms with E-state index in [2.05, 4.69) is 0 Å². The van der Waals surface area contributed by atoms with E-state index < -0.39 is 23.1 Å². The summed E-state index contributed by atoms with van der Waals surface area (Å²) in [5, 5.41) is 19.2. The minimum atomic E-state index is -2.39. The summed E-state index contributed by atoms with van der Waals surface area (Å²) in [7, 11) is 0. The molecule has 0 atom stereocenters. The van der Waals surface area contributed by atoms with E-state index in [-0.39, 0.29) is 6.42 Å². The van der Waals surface area contributed by atoms with E-state index in [0.29, 0.717) is 17.1 Å². The second-order valence-corrected chi connectivity index (χ2v) is 6.89. The predicted octanol–water partition coefficient (Wildman–Crippen LogP) is 3.74. The van der Waals surface area contributed by atoms with E-state index >= 15 is 0 Å². The minimum Gasteiger partial charge on any atom is -0.479 e. The van der Waals surface area contributed by atoms with Gasteiger partial charge in [0.1, 0.15) is 11.5 Å². The van der Waals surface area contributed by atoms with Crippen LogP contribution < -0.4 is 4.74 Å². The largest absolute Gasteiger partial charge is 0.479 e. The smallest absolute Gasteiger partial charge is 0.348 e. The van der Waals surface area contributed by atoms with Gasteiger partial charge in [0.05, 0.1) is 5.60 Å². The minimum absolute atomic E-state index is 0.332. The molecule has 0 aliphatic rings. The van der Waals surface area contributed by atoms with Crippen LogP contribution in [0.4, 0.5) is 0 Å². The number of aliphatic carboxylic acids is 2. The Morgan fingerprint density at radius 3 is 2.00 bits per heavy atom. The highest BCUT2D eigenvalue weighted by molar-refractivity contribution is 6.02. The fourth-order valence-electron chi connectivity index (χ4n) is 2.52. The van der Waals surface area contributed by atoms with Crippen molar-refractivity contribution < 1.29 is 29.3 Å². The van der Waals surface area contributed by atoms with Gasteiger partial charge in [0.2, 0.25) is 0 Å². The quantitative estimate of drug-likeness (QED) is 0.732. The van der Waals surface area contributed by atoms with E-state index in [1.54, 1.807) is 57.2 Å². The van der Waals surface area contributed by atoms with Crippen LogP contribution in [0, 0.1) is 0 Å². The Kier molecular flexibility index (Phi) is 5.67. The van der Waals surface area contributed by atoms with Gasteiger partial charge >= 0.3 is 11.9 Å². The first kappa shape index (κ1) is 19.5. The monoisotopic (exact) mass is 358 g/mol. The lowest BCUT2D eigenvalue weighted by Gasteiger charge is -2.33. The highest BCUT2D eigenvalue weighted by Gasteiger charge is 2.50. The number of para-hydroxylation sites is 1. The van der Waals surface area contributed by atoms with Crippen LogP contribution in [0.2, 0.25) is 0 Å². The van der Waals surface area contributed by atoms with Gasteiger partial charge in [-0.3, -0.25) is 0 Å². The molecule has 0 radical (unpaired) electrons. The van der Waals surface area contributed by atoms with Crippen molar-refractivity contribution >= 4 is 11.9 Å². The molecule has 0 saturated heterocycles. The van der Waals surface area contributed by atoms with Crippen LogP contribution in [0.15, 0.2) is 54.6 Å². The standard InChI is InChI=1S/C20H22O6/c1-19(2,3)26-20(17(21)22,18(23)24)13-14-8-7-11-16(12-14)25-15-9-5-4-6-10-15/h4-12H,13H2,1-3H3,(H,21,22)(H,23,24). The molecule has 2 aromatic rings. The average Bonchev–Trinajstić information content (AvgIpc) is 2.54. The molecule has 0 fully saturated rings. The fourth-order valence-corrected chi connectivity index (χ4v) is 2.52. The second kappa shape index (κ2) is 7.58. The van der Waals surface area contributed by atoms with Crippen LogP contribution >= 0.6 is 0 Å². The van der Waals surface area contributed by atoms with Crippen LogP contribution in [0.5, 0.6) is 11.5 Å². The van der Waals surface area contributed by atoms with Crippen molar-refractivity contribution in [1.82, 2.24) is 0 Å². The first-order valence-electron chi connectivity index (χ1n) is 8.11. The predicted molar refractivity (Wildman–Crippen MR) is 95.5 cm³/mol. The third-order valence-corrected chi connectivity index (χ3v) is 3.50. The molecule has 0 bridgehead atoms. The van der Waals surface area contributed by atoms with E-state index in [1.165, 1.54) is 0 Å². The second-order valence-electron chi connectivity index (χ2n) is 6.89. The third kappa shape index (κ3) is 4.83. The first-order chi connectivity index (χ1) is 12.1. The van der Waals surface area contributed by atoms with E-state index in [0.717, 1.165) is 0 Å². The van der Waals surface area contributed by atoms with Crippen molar-refractivity contribution in [3.05, 3.63) is 60.2 Å². The highest BCUT2D eigenvalue weighted by atomic mass is 16.6. The Balaban J connectivity index is 2.32. The maximum absolute atomic E-state index is 11.8. The Hall–Kier alpha value is -2.86. The van der Waals surface area contributed by atoms with Gasteiger partial charge in [-0.05, 0) is 50.6 Å². The SMILES string of the molecule is CC(C)(C)OC(Cc1cccc(Oc2ccccc2)c1)(C(=O)O)C(=O)O. The molecule has 2 aromatic carbocycles. The van der Waals surface area contributed by atoms with Crippen LogP contribution in [-0.4, -0.2) is 33.4 Å². The third-order valence-electron chi connectivity index (χ3n) is 3.50. The summed E-state index contributed by atoms with van der Waals surface area (Å²) in [6.07, 6.45) is -0.332. The van der Waals surface area contributed by atoms with E-state index in [9.17, 15) is 19.8 Å². The molecule has 138 valence electrons. The molecule has 2 N–H and O–H groups in total. The maximum Gasteiger partial charge on any atom is 0.348 e. The molecule has 0 spiro atoms. The van der Waals surface area contributed by atoms with Crippen LogP contribution in [-0.2, 0) is 20.7 Å². The summed E-state index contributed by atoms with van der Waals surface area (Å²) < 4.78 is 11.2. The molecule has 0 saturated carbocycles. The lowest BCUT2D eigenvalue weighted by molar-refractivity contribution is -0.199. The lowest BCUT2D eigenvalue weighted by Crippen LogP contribution is -2.54. The van der Waals surface area contributed by atoms with E-state index in [1.807, 2.05) is 18.2 Å². The van der Waals surface area contributed by atoms with Gasteiger partial charge in [0.25, 0.3) is 5.60 Å². The van der Waals surface area contributed by atoms with Crippen molar-refractivity contribution in [2.45, 2.75) is 38.4 Å². The normalized spacial score (nSPS) is 11.8. The molecule has 6 heteroatoms. The molecule has 0 unspecified atom stereocenters. The Morgan fingerprint density at radius 2 is 1.46 bits per heavy atom. The maximum atomic E-state index is 11.8. The summed E-state index contributed by atoms with van der Waals surface area (Å²) in [6.45, 7) is 4.84. The van der Waals surface area contributed by atoms with Gasteiger partial charge < -0.3 is 19.7 Å². The molecule has 6 nitrogen and oxygen atoms in total. The number of hydrogen-bond acceptors (Lipinski definition) is 4. The average molecular weight is 358 g/mol. The number of ether oxygens (including phenoxy) is 2. The Labute approximate surface area is 152 Å². The number of carbonyl (C=O) groups is 2. The van der Waals surface area contributed by atoms with Gasteiger partial charge in [0.15, 0.2) is 0 Å². The summed E-state index contributed by atoms with van der Waals surface area (Å²) in [5.41, 5.74) is -2.86. The topological polar surface area (TPSA) is 93.1 Å². The number of rotatable bonds is 7. The first-order valence-corrected chi connectivity index (χ1v) is 8.11. The number of carboxylic acids is 2. The molecule has 0 amide bonds. The van der Waals surface area contributed by atoms with Crippen LogP contribution in [0.3, 0.4) is 0 Å². The zero-order valence-corrected chi connectivity index (χ0v) is 14.9. The summed E-state index contributed by atoms with van der Waals surface area (Å²) in [4.78, 5) is 23.6. The molecular weight excluding hydrogens is 336 g/mol. The Bertz CT molecular complexity index is 762. The molecule has 0 aliphatic carbocycles. The molecule has 0 aromatic heterocycles. The van der Waals surface area contributed by atoms with Gasteiger partial charge in [-0.2, -0.15) is 0 Å². The number of hydrogen-bond donors (Lipinski definition) is 2. The molecule has 26 heavy (non-hydrogen) atoms. The van der Waals surface area contributed by atoms with E-state index in [4.69, 9.17) is 9.47 Å². The molecule has 2 rings (SSSR count). The summed E-state index contributed by atoms with van der Waals surface area (Å²) in [6, 6.07) is 15.7. The number of benzene rings is 2.